The second kappa shape index (κ2) is 37.9. The van der Waals surface area contributed by atoms with Crippen LogP contribution in [0.1, 0.15) is 269 Å². The van der Waals surface area contributed by atoms with Crippen LogP contribution in [-0.2, 0) is 79.2 Å². The summed E-state index contributed by atoms with van der Waals surface area (Å²) in [5.41, 5.74) is 33.2. The predicted octanol–water partition coefficient (Wildman–Crippen LogP) is 7.12. The first-order valence-electron chi connectivity index (χ1n) is 63.3. The second-order valence-electron chi connectivity index (χ2n) is 28.7. The molecular formula is C98H105N21O14. The molecule has 686 valence electrons. The standard InChI is InChI=1S/7C14H15N3O2/c7*1-8-5-6-12(13(18)16-8)17-7-10-9(14(17)19)3-2-4-11(10)15/h7*2-4,12H,1,5-7,15H2,(H,16,18)/t7*12-/m1110000/s1/i2D,3D,4D,5D2,6D2,12D;5D2,6D2,7D2,12D;5D2,6D2,12D;2D,3D,4D,5D2,6D2,7D2,12D;2D,3D,4D,5D2,6D2,12D;5D2,6D2,7D2,12D;5D2,6D2,12D. The van der Waals surface area contributed by atoms with Gasteiger partial charge in [-0.15, -0.1) is 0 Å². The predicted molar refractivity (Wildman–Crippen MR) is 497 cm³/mol. The number of allylic oxidation sites excluding steroid dienone is 7. The summed E-state index contributed by atoms with van der Waals surface area (Å²) < 4.78 is 404. The number of nitrogen functional groups attached to an aromatic ring is 7. The van der Waals surface area contributed by atoms with Gasteiger partial charge in [0.1, 0.15) is 42.1 Å². The minimum absolute atomic E-state index is 0.0637. The van der Waals surface area contributed by atoms with E-state index < -0.39 is 369 Å². The number of nitrogens with zero attached hydrogens (tertiary/aromatic N) is 7. The number of amides is 14. The van der Waals surface area contributed by atoms with Gasteiger partial charge in [0.15, 0.2) is 0 Å². The van der Waals surface area contributed by atoms with Gasteiger partial charge >= 0.3 is 0 Å². The van der Waals surface area contributed by atoms with Crippen molar-refractivity contribution < 1.29 is 136 Å². The SMILES string of the molecule is [2H]C1([2H])C(=C)NC(=O)[C@@]([2H])(N2Cc3c(N)cccc3C2=O)C1([2H])[2H].[2H]C1([2H])C(=C)NC(=O)[C@]([2H])(N2Cc3c(N)cccc3C2=O)C1([2H])[2H].[2H]C1([2H])c2c(N)cccc2C(=O)N1[C@@]1([2H])C(=O)NC(=C)C([2H])([2H])C1([2H])[2H].[2H]C1([2H])c2c(N)cccc2C(=O)N1[C@]1([2H])C(=O)NC(=C)C([2H])([2H])C1([2H])[2H].[2H]c1c([2H])c(N)c2c(c1[2H])C(=O)N([C@@]1([2H])C(=O)NC(=C)C([2H])([2H])C1([2H])[2H])C2.[2H]c1c([2H])c(N)c2c(c1[2H])C(=O)N([C@]1([2H])C(=O)NC(=C)C([2H])([2H])C1([2H])[2H])C2.[2H]c1c([2H])c(N)c2c(c1[2H])C(=O)N([C@]1([2H])C(=O)NC(=C)C([2H])([2H])C1([2H])[2H])C2([2H])[2H]. The fourth-order valence-electron chi connectivity index (χ4n) is 13.7. The summed E-state index contributed by atoms with van der Waals surface area (Å²) in [6.07, 6.45) is -42.6. The monoisotopic (exact) mass is 1850 g/mol. The molecule has 0 aromatic heterocycles. The van der Waals surface area contributed by atoms with Crippen LogP contribution in [0, 0.1) is 0 Å². The molecule has 0 bridgehead atoms. The fourth-order valence-corrected chi connectivity index (χ4v) is 13.7. The molecule has 0 radical (unpaired) electrons. The molecule has 14 aliphatic rings. The van der Waals surface area contributed by atoms with Crippen LogP contribution in [0.5, 0.6) is 0 Å². The molecule has 133 heavy (non-hydrogen) atoms. The lowest BCUT2D eigenvalue weighted by Gasteiger charge is -2.30. The van der Waals surface area contributed by atoms with Gasteiger partial charge in [-0.05, 0) is 174 Å². The van der Waals surface area contributed by atoms with Crippen molar-refractivity contribution in [3.05, 3.63) is 291 Å². The number of nitrogens with two attached hydrogens (primary N) is 7. The van der Waals surface area contributed by atoms with Crippen molar-refractivity contribution in [3.8, 4) is 0 Å². The third kappa shape index (κ3) is 18.5. The maximum Gasteiger partial charge on any atom is 0.255 e. The highest BCUT2D eigenvalue weighted by Gasteiger charge is 2.47. The number of hydrogen-bond acceptors (Lipinski definition) is 21. The molecule has 7 atom stereocenters. The summed E-state index contributed by atoms with van der Waals surface area (Å²) in [7, 11) is 0. The van der Waals surface area contributed by atoms with Crippen LogP contribution >= 0.6 is 0 Å². The van der Waals surface area contributed by atoms with Gasteiger partial charge in [-0.1, -0.05) is 88.4 Å². The Morgan fingerprint density at radius 1 is 0.248 bits per heavy atom. The van der Waals surface area contributed by atoms with Crippen LogP contribution in [0.15, 0.2) is 213 Å². The largest absolute Gasteiger partial charge is 0.398 e. The molecule has 0 aliphatic carbocycles. The fraction of sp³-hybridized carbons (Fsp3) is 0.286. The maximum absolute atomic E-state index is 13.0. The molecule has 0 unspecified atom stereocenters. The van der Waals surface area contributed by atoms with E-state index in [1.807, 2.05) is 26.6 Å². The first-order valence-corrected chi connectivity index (χ1v) is 38.3. The van der Waals surface area contributed by atoms with E-state index >= 15 is 0 Å². The third-order valence-electron chi connectivity index (χ3n) is 20.1. The van der Waals surface area contributed by atoms with Gasteiger partial charge < -0.3 is 112 Å². The number of hydrogen-bond donors (Lipinski definition) is 14. The smallest absolute Gasteiger partial charge is 0.255 e. The summed E-state index contributed by atoms with van der Waals surface area (Å²) in [6.45, 7) is 12.6. The Balaban J connectivity index is 0.000000155. The molecule has 14 aliphatic heterocycles. The van der Waals surface area contributed by atoms with Crippen molar-refractivity contribution in [2.75, 3.05) is 40.1 Å². The highest BCUT2D eigenvalue weighted by atomic mass is 16.2. The van der Waals surface area contributed by atoms with Gasteiger partial charge in [-0.2, -0.15) is 0 Å². The number of carbonyl (C=O) groups is 14. The zero-order valence-corrected chi connectivity index (χ0v) is 68.6. The van der Waals surface area contributed by atoms with Crippen LogP contribution < -0.4 is 77.4 Å². The summed E-state index contributed by atoms with van der Waals surface area (Å²) >= 11 is 0. The first-order chi connectivity index (χ1) is 82.7. The van der Waals surface area contributed by atoms with E-state index in [1.165, 1.54) is 48.5 Å². The topological polar surface area (TPSA) is 528 Å². The molecule has 14 amide bonds. The minimum Gasteiger partial charge on any atom is -0.398 e. The number of benzene rings is 7. The number of anilines is 7. The Morgan fingerprint density at radius 2 is 0.421 bits per heavy atom. The first kappa shape index (κ1) is 48.0. The molecule has 0 spiro atoms. The van der Waals surface area contributed by atoms with Crippen molar-refractivity contribution in [1.29, 1.82) is 0 Å². The summed E-state index contributed by atoms with van der Waals surface area (Å²) in [6, 6.07) is -10.4. The van der Waals surface area contributed by atoms with E-state index in [4.69, 9.17) is 109 Å². The molecule has 35 heteroatoms. The number of nitrogens with one attached hydrogen (secondary N) is 7. The normalized spacial score (nSPS) is 38.2. The molecule has 7 saturated heterocycles. The van der Waals surface area contributed by atoms with Crippen molar-refractivity contribution in [2.24, 2.45) is 0 Å². The second-order valence-corrected chi connectivity index (χ2v) is 28.7. The Bertz CT molecular complexity index is 8600. The van der Waals surface area contributed by atoms with E-state index in [0.717, 1.165) is 0 Å². The Labute approximate surface area is 836 Å². The molecule has 7 aromatic rings. The number of piperidine rings is 7. The highest BCUT2D eigenvalue weighted by molar-refractivity contribution is 6.08. The number of fused-ring (bicyclic) bond motifs is 7. The Kier molecular flexibility index (Phi) is 13.7. The lowest BCUT2D eigenvalue weighted by molar-refractivity contribution is -0.127. The van der Waals surface area contributed by atoms with E-state index in [0.29, 0.717) is 30.7 Å². The third-order valence-corrected chi connectivity index (χ3v) is 20.1. The maximum atomic E-state index is 13.0. The average Bonchev–Trinajstić information content (AvgIpc) is 1.55. The van der Waals surface area contributed by atoms with Gasteiger partial charge in [0.05, 0.1) is 30.2 Å². The van der Waals surface area contributed by atoms with Crippen LogP contribution in [0.3, 0.4) is 0 Å². The van der Waals surface area contributed by atoms with E-state index in [9.17, 15) is 67.1 Å². The summed E-state index contributed by atoms with van der Waals surface area (Å²) in [4.78, 5) is 180. The van der Waals surface area contributed by atoms with Crippen molar-refractivity contribution in [2.45, 2.75) is 177 Å². The van der Waals surface area contributed by atoms with Gasteiger partial charge in [-0.25, -0.2) is 0 Å². The molecule has 21 rings (SSSR count). The molecule has 35 nitrogen and oxygen atoms in total. The molecule has 21 N–H and O–H groups in total. The average molecular weight is 1850 g/mol. The van der Waals surface area contributed by atoms with Gasteiger partial charge in [0.2, 0.25) is 41.4 Å². The van der Waals surface area contributed by atoms with Gasteiger partial charge in [0, 0.05) is 242 Å². The molecular weight excluding hydrogens is 1700 g/mol. The molecule has 14 heterocycles. The number of rotatable bonds is 7. The van der Waals surface area contributed by atoms with Gasteiger partial charge in [0.25, 0.3) is 41.4 Å². The van der Waals surface area contributed by atoms with Gasteiger partial charge in [-0.3, -0.25) is 67.1 Å². The summed E-state index contributed by atoms with van der Waals surface area (Å²) in [5, 5.41) is 14.0. The van der Waals surface area contributed by atoms with Crippen molar-refractivity contribution in [1.82, 2.24) is 71.5 Å². The van der Waals surface area contributed by atoms with Crippen LogP contribution in [0.2, 0.25) is 0 Å². The lowest BCUT2D eigenvalue weighted by Crippen LogP contribution is -2.49. The summed E-state index contributed by atoms with van der Waals surface area (Å²) in [5.74, 6) is -16.7. The van der Waals surface area contributed by atoms with E-state index in [2.05, 4.69) is 56.7 Å². The molecule has 7 aromatic carbocycles. The Morgan fingerprint density at radius 3 is 0.654 bits per heavy atom. The zero-order chi connectivity index (χ0) is 140. The van der Waals surface area contributed by atoms with E-state index in [1.54, 1.807) is 24.3 Å². The minimum atomic E-state index is -3.48. The lowest BCUT2D eigenvalue weighted by atomic mass is 10.0. The highest BCUT2D eigenvalue weighted by Crippen LogP contribution is 2.40. The van der Waals surface area contributed by atoms with Crippen LogP contribution in [0.25, 0.3) is 0 Å². The zero-order valence-electron chi connectivity index (χ0n) is 119. The molecule has 7 fully saturated rings. The van der Waals surface area contributed by atoms with Crippen molar-refractivity contribution in [3.63, 3.8) is 0 Å². The van der Waals surface area contributed by atoms with Crippen LogP contribution in [0.4, 0.5) is 39.8 Å². The number of carbonyl (C=O) groups excluding carboxylic acids is 14. The van der Waals surface area contributed by atoms with Crippen molar-refractivity contribution >= 4 is 123 Å². The quantitative estimate of drug-likeness (QED) is 0.0706. The Hall–Kier alpha value is -16.1. The van der Waals surface area contributed by atoms with Crippen LogP contribution in [-0.4, -0.2) is 159 Å². The van der Waals surface area contributed by atoms with E-state index in [-0.39, 0.29) is 106 Å². The molecule has 0 saturated carbocycles.